The van der Waals surface area contributed by atoms with Crippen molar-refractivity contribution in [3.8, 4) is 11.5 Å². The molecule has 0 saturated heterocycles. The summed E-state index contributed by atoms with van der Waals surface area (Å²) in [5.41, 5.74) is 0.918. The maximum absolute atomic E-state index is 12.6. The van der Waals surface area contributed by atoms with Crippen molar-refractivity contribution in [2.75, 3.05) is 26.6 Å². The highest BCUT2D eigenvalue weighted by atomic mass is 32.1. The first-order valence-corrected chi connectivity index (χ1v) is 7.93. The lowest BCUT2D eigenvalue weighted by molar-refractivity contribution is 0.0602. The van der Waals surface area contributed by atoms with Crippen molar-refractivity contribution in [2.24, 2.45) is 0 Å². The summed E-state index contributed by atoms with van der Waals surface area (Å²) in [5.74, 6) is -0.333. The van der Waals surface area contributed by atoms with Crippen LogP contribution in [0.3, 0.4) is 0 Å². The molecule has 2 N–H and O–H groups in total. The van der Waals surface area contributed by atoms with Crippen molar-refractivity contribution in [3.63, 3.8) is 0 Å². The van der Waals surface area contributed by atoms with Gasteiger partial charge in [0.2, 0.25) is 0 Å². The molecule has 0 radical (unpaired) electrons. The Kier molecular flexibility index (Phi) is 6.51. The van der Waals surface area contributed by atoms with Gasteiger partial charge in [-0.2, -0.15) is 0 Å². The van der Waals surface area contributed by atoms with Gasteiger partial charge in [-0.15, -0.1) is 0 Å². The third-order valence-electron chi connectivity index (χ3n) is 3.46. The number of nitrogens with one attached hydrogen (secondary N) is 2. The molecule has 1 amide bonds. The van der Waals surface area contributed by atoms with Crippen LogP contribution in [0.5, 0.6) is 11.5 Å². The number of benzene rings is 2. The van der Waals surface area contributed by atoms with E-state index in [-0.39, 0.29) is 10.7 Å². The van der Waals surface area contributed by atoms with Gasteiger partial charge in [0.25, 0.3) is 5.91 Å². The van der Waals surface area contributed by atoms with E-state index in [1.54, 1.807) is 42.5 Å². The van der Waals surface area contributed by atoms with E-state index in [2.05, 4.69) is 10.6 Å². The molecule has 2 aromatic rings. The molecule has 0 aliphatic rings. The maximum atomic E-state index is 12.6. The Bertz CT molecular complexity index is 816. The van der Waals surface area contributed by atoms with Crippen molar-refractivity contribution in [1.29, 1.82) is 0 Å². The third-order valence-corrected chi connectivity index (χ3v) is 3.67. The summed E-state index contributed by atoms with van der Waals surface area (Å²) in [6, 6.07) is 11.6. The number of carbonyl (C=O) groups excluding carboxylic acids is 2. The summed E-state index contributed by atoms with van der Waals surface area (Å²) in [6.07, 6.45) is 0. The van der Waals surface area contributed by atoms with E-state index in [1.165, 1.54) is 21.3 Å². The molecule has 136 valence electrons. The quantitative estimate of drug-likeness (QED) is 0.615. The number of carbonyl (C=O) groups is 2. The molecule has 26 heavy (non-hydrogen) atoms. The number of hydrogen-bond acceptors (Lipinski definition) is 6. The average Bonchev–Trinajstić information content (AvgIpc) is 2.66. The molecule has 0 saturated carbocycles. The summed E-state index contributed by atoms with van der Waals surface area (Å²) < 4.78 is 15.1. The molecule has 0 heterocycles. The molecule has 8 heteroatoms. The van der Waals surface area contributed by atoms with Crippen LogP contribution in [0.2, 0.25) is 0 Å². The number of esters is 1. The Hall–Kier alpha value is -3.13. The fourth-order valence-electron chi connectivity index (χ4n) is 2.27. The number of ether oxygens (including phenoxy) is 3. The van der Waals surface area contributed by atoms with Crippen LogP contribution in [-0.2, 0) is 4.74 Å². The van der Waals surface area contributed by atoms with Crippen LogP contribution in [0.15, 0.2) is 42.5 Å². The van der Waals surface area contributed by atoms with Crippen molar-refractivity contribution in [2.45, 2.75) is 0 Å². The minimum atomic E-state index is -0.520. The molecule has 0 atom stereocenters. The lowest BCUT2D eigenvalue weighted by atomic mass is 10.1. The molecule has 7 nitrogen and oxygen atoms in total. The predicted octanol–water partition coefficient (Wildman–Crippen LogP) is 2.62. The minimum absolute atomic E-state index is 0.0133. The van der Waals surface area contributed by atoms with Crippen LogP contribution < -0.4 is 20.1 Å². The van der Waals surface area contributed by atoms with Crippen molar-refractivity contribution in [3.05, 3.63) is 53.6 Å². The van der Waals surface area contributed by atoms with Gasteiger partial charge in [-0.05, 0) is 36.5 Å². The second kappa shape index (κ2) is 8.82. The van der Waals surface area contributed by atoms with Gasteiger partial charge in [0, 0.05) is 0 Å². The molecule has 0 bridgehead atoms. The Morgan fingerprint density at radius 2 is 1.54 bits per heavy atom. The van der Waals surface area contributed by atoms with Crippen LogP contribution in [-0.4, -0.2) is 38.3 Å². The molecule has 0 aliphatic carbocycles. The van der Waals surface area contributed by atoms with Gasteiger partial charge in [0.15, 0.2) is 5.11 Å². The van der Waals surface area contributed by atoms with Crippen LogP contribution in [0.25, 0.3) is 0 Å². The second-order valence-electron chi connectivity index (χ2n) is 4.98. The maximum Gasteiger partial charge on any atom is 0.339 e. The van der Waals surface area contributed by atoms with E-state index in [1.807, 2.05) is 0 Å². The summed E-state index contributed by atoms with van der Waals surface area (Å²) >= 11 is 5.18. The van der Waals surface area contributed by atoms with E-state index in [4.69, 9.17) is 26.4 Å². The first-order valence-electron chi connectivity index (χ1n) is 7.52. The first kappa shape index (κ1) is 19.2. The molecular formula is C18H18N2O5S. The largest absolute Gasteiger partial charge is 0.496 e. The molecule has 0 aromatic heterocycles. The topological polar surface area (TPSA) is 85.9 Å². The van der Waals surface area contributed by atoms with Crippen LogP contribution in [0, 0.1) is 0 Å². The molecule has 0 fully saturated rings. The van der Waals surface area contributed by atoms with Gasteiger partial charge in [0.1, 0.15) is 17.1 Å². The normalized spacial score (nSPS) is 9.81. The number of anilines is 1. The summed E-state index contributed by atoms with van der Waals surface area (Å²) in [4.78, 5) is 24.4. The molecule has 2 aromatic carbocycles. The fourth-order valence-corrected chi connectivity index (χ4v) is 2.48. The molecule has 0 unspecified atom stereocenters. The van der Waals surface area contributed by atoms with Crippen molar-refractivity contribution in [1.82, 2.24) is 5.32 Å². The Morgan fingerprint density at radius 3 is 2.12 bits per heavy atom. The zero-order valence-electron chi connectivity index (χ0n) is 14.5. The molecule has 0 aliphatic heterocycles. The lowest BCUT2D eigenvalue weighted by Crippen LogP contribution is -2.35. The van der Waals surface area contributed by atoms with Gasteiger partial charge in [-0.25, -0.2) is 4.79 Å². The number of hydrogen-bond donors (Lipinski definition) is 2. The highest BCUT2D eigenvalue weighted by Crippen LogP contribution is 2.28. The van der Waals surface area contributed by atoms with Crippen molar-refractivity contribution >= 4 is 34.9 Å². The molecule has 0 spiro atoms. The number of thiocarbonyl (C=S) groups is 1. The van der Waals surface area contributed by atoms with E-state index in [9.17, 15) is 9.59 Å². The number of methoxy groups -OCH3 is 3. The van der Waals surface area contributed by atoms with E-state index in [0.717, 1.165) is 0 Å². The monoisotopic (exact) mass is 374 g/mol. The standard InChI is InChI=1S/C18H18N2O5S/c1-23-13-9-6-10-14(24-2)15(13)16(21)20-18(26)19-12-8-5-4-7-11(12)17(22)25-3/h4-10H,1-3H3,(H2,19,20,21,26). The average molecular weight is 374 g/mol. The highest BCUT2D eigenvalue weighted by molar-refractivity contribution is 7.80. The predicted molar refractivity (Wildman–Crippen MR) is 101 cm³/mol. The van der Waals surface area contributed by atoms with Crippen molar-refractivity contribution < 1.29 is 23.8 Å². The molecule has 2 rings (SSSR count). The number of para-hydroxylation sites is 1. The summed E-state index contributed by atoms with van der Waals surface area (Å²) in [6.45, 7) is 0. The zero-order chi connectivity index (χ0) is 19.1. The van der Waals surface area contributed by atoms with Gasteiger partial charge in [0.05, 0.1) is 32.6 Å². The second-order valence-corrected chi connectivity index (χ2v) is 5.39. The van der Waals surface area contributed by atoms with E-state index < -0.39 is 11.9 Å². The summed E-state index contributed by atoms with van der Waals surface area (Å²) in [5, 5.41) is 5.38. The third kappa shape index (κ3) is 4.28. The highest BCUT2D eigenvalue weighted by Gasteiger charge is 2.20. The SMILES string of the molecule is COC(=O)c1ccccc1NC(=S)NC(=O)c1c(OC)cccc1OC. The number of rotatable bonds is 5. The summed E-state index contributed by atoms with van der Waals surface area (Å²) in [7, 11) is 4.19. The minimum Gasteiger partial charge on any atom is -0.496 e. The smallest absolute Gasteiger partial charge is 0.339 e. The Morgan fingerprint density at radius 1 is 0.923 bits per heavy atom. The Balaban J connectivity index is 2.20. The Labute approximate surface area is 156 Å². The first-order chi connectivity index (χ1) is 12.5. The van der Waals surface area contributed by atoms with Gasteiger partial charge in [-0.1, -0.05) is 18.2 Å². The van der Waals surface area contributed by atoms with Crippen LogP contribution in [0.1, 0.15) is 20.7 Å². The number of amides is 1. The fraction of sp³-hybridized carbons (Fsp3) is 0.167. The lowest BCUT2D eigenvalue weighted by Gasteiger charge is -2.15. The van der Waals surface area contributed by atoms with E-state index >= 15 is 0 Å². The molecular weight excluding hydrogens is 356 g/mol. The zero-order valence-corrected chi connectivity index (χ0v) is 15.3. The van der Waals surface area contributed by atoms with Crippen LogP contribution in [0.4, 0.5) is 5.69 Å². The van der Waals surface area contributed by atoms with E-state index in [0.29, 0.717) is 22.7 Å². The van der Waals surface area contributed by atoms with Gasteiger partial charge in [-0.3, -0.25) is 10.1 Å². The van der Waals surface area contributed by atoms with Crippen LogP contribution >= 0.6 is 12.2 Å². The van der Waals surface area contributed by atoms with Gasteiger partial charge >= 0.3 is 5.97 Å². The van der Waals surface area contributed by atoms with Gasteiger partial charge < -0.3 is 19.5 Å².